The first kappa shape index (κ1) is 25.9. The van der Waals surface area contributed by atoms with E-state index >= 15 is 0 Å². The van der Waals surface area contributed by atoms with Gasteiger partial charge >= 0.3 is 12.1 Å². The molecule has 2 saturated heterocycles. The van der Waals surface area contributed by atoms with Crippen LogP contribution in [0.25, 0.3) is 0 Å². The second-order valence-electron chi connectivity index (χ2n) is 9.63. The molecule has 2 fully saturated rings. The van der Waals surface area contributed by atoms with E-state index in [1.807, 2.05) is 46.8 Å². The van der Waals surface area contributed by atoms with E-state index in [0.717, 1.165) is 5.82 Å². The average Bonchev–Trinajstić information content (AvgIpc) is 3.18. The molecule has 11 heteroatoms. The molecule has 196 valence electrons. The maximum absolute atomic E-state index is 12.1. The van der Waals surface area contributed by atoms with Crippen molar-refractivity contribution in [3.8, 4) is 17.6 Å². The van der Waals surface area contributed by atoms with E-state index in [2.05, 4.69) is 20.3 Å². The number of hydrogen-bond acceptors (Lipinski definition) is 10. The maximum atomic E-state index is 12.1. The summed E-state index contributed by atoms with van der Waals surface area (Å²) in [5.74, 6) is 1.14. The third-order valence-corrected chi connectivity index (χ3v) is 5.75. The van der Waals surface area contributed by atoms with Crippen LogP contribution in [0.2, 0.25) is 0 Å². The SMILES string of the molecule is Cc1nc(NCC2COC(C)(C)O2)ccc1Oc1nccc(OC2CCN(C(=O)OC(C)C)CC2)n1. The molecule has 36 heavy (non-hydrogen) atoms. The van der Waals surface area contributed by atoms with Crippen LogP contribution in [0.15, 0.2) is 24.4 Å². The van der Waals surface area contributed by atoms with Gasteiger partial charge in [0.25, 0.3) is 0 Å². The number of nitrogens with one attached hydrogen (secondary N) is 1. The van der Waals surface area contributed by atoms with Crippen molar-refractivity contribution in [3.05, 3.63) is 30.1 Å². The Morgan fingerprint density at radius 1 is 1.22 bits per heavy atom. The van der Waals surface area contributed by atoms with Crippen molar-refractivity contribution in [2.75, 3.05) is 31.6 Å². The Kier molecular flexibility index (Phi) is 8.10. The molecule has 1 unspecified atom stereocenters. The molecule has 2 aromatic heterocycles. The van der Waals surface area contributed by atoms with Crippen LogP contribution >= 0.6 is 0 Å². The third kappa shape index (κ3) is 7.17. The van der Waals surface area contributed by atoms with Gasteiger partial charge in [-0.15, -0.1) is 0 Å². The van der Waals surface area contributed by atoms with Crippen LogP contribution < -0.4 is 14.8 Å². The summed E-state index contributed by atoms with van der Waals surface area (Å²) in [5.41, 5.74) is 0.694. The van der Waals surface area contributed by atoms with Crippen LogP contribution in [0.5, 0.6) is 17.6 Å². The molecule has 0 aromatic carbocycles. The predicted molar refractivity (Wildman–Crippen MR) is 131 cm³/mol. The number of carbonyl (C=O) groups excluding carboxylic acids is 1. The van der Waals surface area contributed by atoms with Crippen molar-refractivity contribution in [3.63, 3.8) is 0 Å². The van der Waals surface area contributed by atoms with Crippen LogP contribution in [-0.4, -0.2) is 76.3 Å². The molecule has 2 aliphatic rings. The van der Waals surface area contributed by atoms with Crippen molar-refractivity contribution in [1.29, 1.82) is 0 Å². The highest BCUT2D eigenvalue weighted by atomic mass is 16.7. The lowest BCUT2D eigenvalue weighted by atomic mass is 10.1. The third-order valence-electron chi connectivity index (χ3n) is 5.75. The van der Waals surface area contributed by atoms with Crippen LogP contribution in [-0.2, 0) is 14.2 Å². The van der Waals surface area contributed by atoms with Crippen LogP contribution in [0.4, 0.5) is 10.6 Å². The van der Waals surface area contributed by atoms with E-state index in [0.29, 0.717) is 56.4 Å². The first-order valence-electron chi connectivity index (χ1n) is 12.3. The summed E-state index contributed by atoms with van der Waals surface area (Å²) in [4.78, 5) is 26.9. The Morgan fingerprint density at radius 3 is 2.67 bits per heavy atom. The fourth-order valence-electron chi connectivity index (χ4n) is 3.98. The number of piperidine rings is 1. The second-order valence-corrected chi connectivity index (χ2v) is 9.63. The van der Waals surface area contributed by atoms with Crippen molar-refractivity contribution in [2.24, 2.45) is 0 Å². The van der Waals surface area contributed by atoms with E-state index in [1.165, 1.54) is 0 Å². The van der Waals surface area contributed by atoms with E-state index in [-0.39, 0.29) is 30.4 Å². The first-order chi connectivity index (χ1) is 17.2. The van der Waals surface area contributed by atoms with Crippen molar-refractivity contribution >= 4 is 11.9 Å². The molecule has 0 bridgehead atoms. The number of hydrogen-bond donors (Lipinski definition) is 1. The average molecular weight is 502 g/mol. The molecule has 1 amide bonds. The molecule has 11 nitrogen and oxygen atoms in total. The lowest BCUT2D eigenvalue weighted by molar-refractivity contribution is -0.136. The lowest BCUT2D eigenvalue weighted by Gasteiger charge is -2.31. The standard InChI is InChI=1S/C25H35N5O6/c1-16(2)33-24(31)30-12-9-18(10-13-30)34-22-8-11-26-23(29-22)35-20-6-7-21(28-17(20)3)27-14-19-15-32-25(4,5)36-19/h6-8,11,16,18-19H,9-10,12-15H2,1-5H3,(H,27,28). The summed E-state index contributed by atoms with van der Waals surface area (Å²) >= 11 is 0. The first-order valence-corrected chi connectivity index (χ1v) is 12.3. The number of aryl methyl sites for hydroxylation is 1. The number of carbonyl (C=O) groups is 1. The molecule has 0 spiro atoms. The molecular weight excluding hydrogens is 466 g/mol. The molecule has 0 radical (unpaired) electrons. The highest BCUT2D eigenvalue weighted by Crippen LogP contribution is 2.26. The summed E-state index contributed by atoms with van der Waals surface area (Å²) in [6.45, 7) is 11.6. The number of likely N-dealkylation sites (tertiary alicyclic amines) is 1. The number of anilines is 1. The second kappa shape index (κ2) is 11.3. The Labute approximate surface area is 211 Å². The molecule has 1 N–H and O–H groups in total. The van der Waals surface area contributed by atoms with Gasteiger partial charge in [-0.05, 0) is 46.8 Å². The fourth-order valence-corrected chi connectivity index (χ4v) is 3.98. The summed E-state index contributed by atoms with van der Waals surface area (Å²) < 4.78 is 28.6. The van der Waals surface area contributed by atoms with Gasteiger partial charge < -0.3 is 33.9 Å². The molecule has 0 saturated carbocycles. The normalized spacial score (nSPS) is 19.8. The molecule has 2 aromatic rings. The van der Waals surface area contributed by atoms with Crippen molar-refractivity contribution in [2.45, 2.75) is 71.6 Å². The minimum atomic E-state index is -0.551. The van der Waals surface area contributed by atoms with E-state index in [1.54, 1.807) is 17.2 Å². The van der Waals surface area contributed by atoms with E-state index < -0.39 is 5.79 Å². The van der Waals surface area contributed by atoms with Gasteiger partial charge in [0.05, 0.1) is 18.4 Å². The fraction of sp³-hybridized carbons (Fsp3) is 0.600. The zero-order valence-electron chi connectivity index (χ0n) is 21.5. The lowest BCUT2D eigenvalue weighted by Crippen LogP contribution is -2.42. The van der Waals surface area contributed by atoms with Crippen LogP contribution in [0.1, 0.15) is 46.2 Å². The molecule has 2 aliphatic heterocycles. The molecule has 1 atom stereocenters. The monoisotopic (exact) mass is 501 g/mol. The maximum Gasteiger partial charge on any atom is 0.410 e. The summed E-state index contributed by atoms with van der Waals surface area (Å²) in [7, 11) is 0. The van der Waals surface area contributed by atoms with Gasteiger partial charge in [-0.25, -0.2) is 14.8 Å². The Morgan fingerprint density at radius 2 is 2.00 bits per heavy atom. The highest BCUT2D eigenvalue weighted by Gasteiger charge is 2.32. The van der Waals surface area contributed by atoms with Crippen LogP contribution in [0, 0.1) is 6.92 Å². The topological polar surface area (TPSA) is 117 Å². The summed E-state index contributed by atoms with van der Waals surface area (Å²) in [6, 6.07) is 5.53. The van der Waals surface area contributed by atoms with Crippen molar-refractivity contribution in [1.82, 2.24) is 19.9 Å². The molecule has 4 heterocycles. The largest absolute Gasteiger partial charge is 0.474 e. The number of amides is 1. The van der Waals surface area contributed by atoms with Crippen LogP contribution in [0.3, 0.4) is 0 Å². The van der Waals surface area contributed by atoms with Crippen molar-refractivity contribution < 1.29 is 28.5 Å². The highest BCUT2D eigenvalue weighted by molar-refractivity contribution is 5.67. The number of ether oxygens (including phenoxy) is 5. The Balaban J connectivity index is 1.28. The van der Waals surface area contributed by atoms with Gasteiger partial charge in [0.1, 0.15) is 18.0 Å². The number of pyridine rings is 1. The molecule has 4 rings (SSSR count). The van der Waals surface area contributed by atoms with Gasteiger partial charge in [0.2, 0.25) is 5.88 Å². The predicted octanol–water partition coefficient (Wildman–Crippen LogP) is 3.92. The van der Waals surface area contributed by atoms with Gasteiger partial charge in [-0.1, -0.05) is 0 Å². The van der Waals surface area contributed by atoms with Gasteiger partial charge in [-0.3, -0.25) is 0 Å². The smallest absolute Gasteiger partial charge is 0.410 e. The number of nitrogens with zero attached hydrogens (tertiary/aromatic N) is 4. The van der Waals surface area contributed by atoms with Gasteiger partial charge in [-0.2, -0.15) is 4.98 Å². The minimum absolute atomic E-state index is 0.0322. The summed E-state index contributed by atoms with van der Waals surface area (Å²) in [5, 5.41) is 3.27. The van der Waals surface area contributed by atoms with Gasteiger partial charge in [0.15, 0.2) is 11.5 Å². The molecule has 0 aliphatic carbocycles. The van der Waals surface area contributed by atoms with E-state index in [9.17, 15) is 4.79 Å². The Hall–Kier alpha value is -3.18. The quantitative estimate of drug-likeness (QED) is 0.570. The zero-order chi connectivity index (χ0) is 25.7. The zero-order valence-corrected chi connectivity index (χ0v) is 21.5. The Bertz CT molecular complexity index is 1040. The minimum Gasteiger partial charge on any atom is -0.474 e. The van der Waals surface area contributed by atoms with E-state index in [4.69, 9.17) is 23.7 Å². The summed E-state index contributed by atoms with van der Waals surface area (Å²) in [6.07, 6.45) is 2.49. The number of aromatic nitrogens is 3. The van der Waals surface area contributed by atoms with Gasteiger partial charge in [0, 0.05) is 44.7 Å². The molecular formula is C25H35N5O6. The number of rotatable bonds is 8.